The van der Waals surface area contributed by atoms with Crippen molar-refractivity contribution in [3.63, 3.8) is 0 Å². The van der Waals surface area contributed by atoms with Crippen LogP contribution in [0.4, 0.5) is 0 Å². The Kier molecular flexibility index (Phi) is 7.75. The van der Waals surface area contributed by atoms with E-state index in [1.54, 1.807) is 25.6 Å². The third-order valence-electron chi connectivity index (χ3n) is 7.03. The average Bonchev–Trinajstić information content (AvgIpc) is 3.88. The molecule has 0 aliphatic carbocycles. The maximum atomic E-state index is 13.4. The Morgan fingerprint density at radius 3 is 1.90 bits per heavy atom. The second-order valence-corrected chi connectivity index (χ2v) is 13.6. The molecule has 48 heavy (non-hydrogen) atoms. The van der Waals surface area contributed by atoms with Gasteiger partial charge >= 0.3 is 0 Å². The first kappa shape index (κ1) is 31.1. The minimum absolute atomic E-state index is 0.0122. The van der Waals surface area contributed by atoms with Crippen LogP contribution in [0.5, 0.6) is 0 Å². The number of hydrogen-bond acceptors (Lipinski definition) is 16. The number of carbonyl (C=O) groups excluding carboxylic acids is 2. The highest BCUT2D eigenvalue weighted by Gasteiger charge is 2.30. The summed E-state index contributed by atoms with van der Waals surface area (Å²) in [7, 11) is 0. The molecule has 12 bridgehead atoms. The Hall–Kier alpha value is -5.49. The lowest BCUT2D eigenvalue weighted by atomic mass is 10.3. The van der Waals surface area contributed by atoms with Crippen molar-refractivity contribution in [2.75, 3.05) is 12.4 Å². The van der Waals surface area contributed by atoms with Gasteiger partial charge in [0.2, 0.25) is 35.3 Å². The normalized spacial score (nSPS) is 16.8. The molecule has 1 aliphatic rings. The number of nitrogens with zero attached hydrogens (tertiary/aromatic N) is 6. The molecule has 3 N–H and O–H groups in total. The summed E-state index contributed by atoms with van der Waals surface area (Å²) in [6, 6.07) is -1.72. The Bertz CT molecular complexity index is 2130. The molecule has 6 aromatic rings. The van der Waals surface area contributed by atoms with E-state index in [-0.39, 0.29) is 68.6 Å². The van der Waals surface area contributed by atoms with E-state index in [2.05, 4.69) is 61.3 Å². The summed E-state index contributed by atoms with van der Waals surface area (Å²) in [6.07, 6.45) is 4.88. The number of thioether (sulfide) groups is 1. The fourth-order valence-corrected chi connectivity index (χ4v) is 5.53. The van der Waals surface area contributed by atoms with Crippen molar-refractivity contribution in [2.45, 2.75) is 51.4 Å². The quantitative estimate of drug-likeness (QED) is 0.231. The summed E-state index contributed by atoms with van der Waals surface area (Å²) in [5.74, 6) is 0.353. The van der Waals surface area contributed by atoms with E-state index in [0.29, 0.717) is 23.0 Å². The molecule has 17 nitrogen and oxygen atoms in total. The highest BCUT2D eigenvalue weighted by Crippen LogP contribution is 2.34. The minimum atomic E-state index is -1.05. The summed E-state index contributed by atoms with van der Waals surface area (Å²) in [4.78, 5) is 52.9. The molecule has 7 rings (SSSR count). The maximum absolute atomic E-state index is 13.4. The number of fused-ring (bicyclic) bond motifs is 16. The second kappa shape index (κ2) is 11.9. The molecular weight excluding hydrogens is 648 g/mol. The molecule has 248 valence electrons. The second-order valence-electron chi connectivity index (χ2n) is 11.7. The molecular formula is C30H28N8O9S. The van der Waals surface area contributed by atoms with Crippen molar-refractivity contribution >= 4 is 23.6 Å². The van der Waals surface area contributed by atoms with Crippen LogP contribution < -0.4 is 10.6 Å². The van der Waals surface area contributed by atoms with Crippen LogP contribution in [0.1, 0.15) is 77.1 Å². The van der Waals surface area contributed by atoms with Gasteiger partial charge in [-0.25, -0.2) is 29.9 Å². The van der Waals surface area contributed by atoms with Gasteiger partial charge in [0.25, 0.3) is 11.8 Å². The molecule has 0 radical (unpaired) electrons. The van der Waals surface area contributed by atoms with E-state index in [9.17, 15) is 14.7 Å². The molecule has 0 aromatic carbocycles. The zero-order valence-electron chi connectivity index (χ0n) is 26.2. The van der Waals surface area contributed by atoms with E-state index in [4.69, 9.17) is 26.5 Å². The molecule has 6 aromatic heterocycles. The molecule has 0 unspecified atom stereocenters. The molecule has 0 saturated heterocycles. The average molecular weight is 677 g/mol. The first-order valence-corrected chi connectivity index (χ1v) is 15.6. The van der Waals surface area contributed by atoms with Gasteiger partial charge in [0.1, 0.15) is 48.7 Å². The van der Waals surface area contributed by atoms with Crippen LogP contribution in [-0.4, -0.2) is 63.9 Å². The van der Waals surface area contributed by atoms with Gasteiger partial charge in [-0.3, -0.25) is 9.59 Å². The fraction of sp³-hybridized carbons (Fsp3) is 0.333. The zero-order valence-corrected chi connectivity index (χ0v) is 27.0. The largest absolute Gasteiger partial charge is 0.446 e. The number of oxazole rings is 6. The van der Waals surface area contributed by atoms with Gasteiger partial charge in [-0.2, -0.15) is 11.8 Å². The van der Waals surface area contributed by atoms with Crippen molar-refractivity contribution < 1.29 is 41.2 Å². The smallest absolute Gasteiger partial charge is 0.273 e. The van der Waals surface area contributed by atoms with Gasteiger partial charge in [0.05, 0.1) is 6.61 Å². The van der Waals surface area contributed by atoms with E-state index in [1.807, 2.05) is 0 Å². The minimum Gasteiger partial charge on any atom is -0.446 e. The SMILES string of the molecule is Cc1oc2nc1-c1nc(co1)C(=O)N[C@@H](CO)c1nc(co1)-c1nc(co1)-c1nc(co1)C(=O)N[C@@H](CSC(C)(C)C)c1nc-2c(C)o1. The molecule has 2 amide bonds. The summed E-state index contributed by atoms with van der Waals surface area (Å²) in [6.45, 7) is 8.98. The number of amides is 2. The van der Waals surface area contributed by atoms with Crippen molar-refractivity contribution in [2.24, 2.45) is 0 Å². The molecule has 1 aliphatic heterocycles. The van der Waals surface area contributed by atoms with Crippen LogP contribution >= 0.6 is 11.8 Å². The number of aliphatic hydroxyl groups excluding tert-OH is 1. The highest BCUT2D eigenvalue weighted by atomic mass is 32.2. The molecule has 0 spiro atoms. The molecule has 2 atom stereocenters. The Morgan fingerprint density at radius 2 is 1.21 bits per heavy atom. The van der Waals surface area contributed by atoms with E-state index < -0.39 is 30.5 Å². The Morgan fingerprint density at radius 1 is 0.667 bits per heavy atom. The van der Waals surface area contributed by atoms with Crippen LogP contribution in [0.2, 0.25) is 0 Å². The first-order valence-electron chi connectivity index (χ1n) is 14.6. The lowest BCUT2D eigenvalue weighted by Crippen LogP contribution is -2.31. The summed E-state index contributed by atoms with van der Waals surface area (Å²) >= 11 is 1.60. The first-order chi connectivity index (χ1) is 23.0. The van der Waals surface area contributed by atoms with E-state index in [1.165, 1.54) is 18.8 Å². The van der Waals surface area contributed by atoms with Gasteiger partial charge in [-0.1, -0.05) is 20.8 Å². The predicted octanol–water partition coefficient (Wildman–Crippen LogP) is 4.68. The number of aryl methyl sites for hydroxylation is 2. The lowest BCUT2D eigenvalue weighted by Gasteiger charge is -2.21. The van der Waals surface area contributed by atoms with Gasteiger partial charge in [-0.05, 0) is 13.8 Å². The van der Waals surface area contributed by atoms with Crippen molar-refractivity contribution in [1.29, 1.82) is 0 Å². The fourth-order valence-electron chi connectivity index (χ4n) is 4.64. The van der Waals surface area contributed by atoms with Crippen LogP contribution in [-0.2, 0) is 0 Å². The number of nitrogens with one attached hydrogen (secondary N) is 2. The maximum Gasteiger partial charge on any atom is 0.273 e. The van der Waals surface area contributed by atoms with Crippen molar-refractivity contribution in [3.05, 3.63) is 59.7 Å². The molecule has 7 heterocycles. The number of aromatic nitrogens is 6. The van der Waals surface area contributed by atoms with Crippen molar-refractivity contribution in [3.8, 4) is 46.3 Å². The monoisotopic (exact) mass is 676 g/mol. The zero-order chi connectivity index (χ0) is 33.7. The van der Waals surface area contributed by atoms with Gasteiger partial charge in [-0.15, -0.1) is 0 Å². The topological polar surface area (TPSA) is 235 Å². The van der Waals surface area contributed by atoms with E-state index in [0.717, 1.165) is 6.26 Å². The Balaban J connectivity index is 1.30. The summed E-state index contributed by atoms with van der Waals surface area (Å²) in [5, 5.41) is 15.6. The molecule has 18 heteroatoms. The standard InChI is InChI=1S/C30H28N8O9S/c1-12-20-28-34-16(8-45-28)22(40)31-14(6-39)24-35-18(9-43-24)26-36-17(10-44-26)25-33-15(7-42-25)23(41)32-19(11-48-30(3,4)5)27-37-21(13(2)46-27)29(38-20)47-12/h7-10,14,19,39H,6,11H2,1-5H3,(H,31,40)(H,32,41)/t14-,19-/m0/s1. The molecule has 0 fully saturated rings. The van der Waals surface area contributed by atoms with Gasteiger partial charge in [0, 0.05) is 10.5 Å². The summed E-state index contributed by atoms with van der Waals surface area (Å²) < 4.78 is 34.0. The Labute approximate surface area is 275 Å². The number of aliphatic hydroxyl groups is 1. The summed E-state index contributed by atoms with van der Waals surface area (Å²) in [5.41, 5.74) is 0.792. The third kappa shape index (κ3) is 6.02. The molecule has 0 saturated carbocycles. The van der Waals surface area contributed by atoms with E-state index >= 15 is 0 Å². The number of rotatable bonds is 3. The van der Waals surface area contributed by atoms with Crippen LogP contribution in [0.25, 0.3) is 46.3 Å². The van der Waals surface area contributed by atoms with Crippen LogP contribution in [0, 0.1) is 13.8 Å². The highest BCUT2D eigenvalue weighted by molar-refractivity contribution is 8.00. The van der Waals surface area contributed by atoms with Crippen molar-refractivity contribution in [1.82, 2.24) is 40.5 Å². The predicted molar refractivity (Wildman–Crippen MR) is 164 cm³/mol. The number of carbonyl (C=O) groups is 2. The van der Waals surface area contributed by atoms with Crippen LogP contribution in [0.3, 0.4) is 0 Å². The van der Waals surface area contributed by atoms with Gasteiger partial charge < -0.3 is 42.2 Å². The van der Waals surface area contributed by atoms with Crippen LogP contribution in [0.15, 0.2) is 51.6 Å². The lowest BCUT2D eigenvalue weighted by molar-refractivity contribution is 0.0898. The number of hydrogen-bond donors (Lipinski definition) is 3. The van der Waals surface area contributed by atoms with Gasteiger partial charge in [0.15, 0.2) is 34.2 Å². The third-order valence-corrected chi connectivity index (χ3v) is 8.39.